The fourth-order valence-corrected chi connectivity index (χ4v) is 3.04. The van der Waals surface area contributed by atoms with E-state index < -0.39 is 17.9 Å². The molecule has 112 valence electrons. The van der Waals surface area contributed by atoms with Gasteiger partial charge in [0.1, 0.15) is 5.92 Å². The number of barbiturate groups is 1. The van der Waals surface area contributed by atoms with Crippen LogP contribution in [0, 0.1) is 11.8 Å². The normalized spacial score (nSPS) is 32.8. The number of carbonyl (C=O) groups excluding carboxylic acids is 3. The summed E-state index contributed by atoms with van der Waals surface area (Å²) in [4.78, 5) is 39.9. The highest BCUT2D eigenvalue weighted by Crippen LogP contribution is 2.26. The SMILES string of the molecule is CC(C)C1C(=O)NC(=O)N(C2CCN(C)C(C)C2)C1=O. The Hall–Kier alpha value is -1.43. The van der Waals surface area contributed by atoms with E-state index in [1.165, 1.54) is 4.90 Å². The molecule has 0 radical (unpaired) electrons. The quantitative estimate of drug-likeness (QED) is 0.761. The molecule has 0 spiro atoms. The summed E-state index contributed by atoms with van der Waals surface area (Å²) in [7, 11) is 2.04. The van der Waals surface area contributed by atoms with Crippen LogP contribution in [0.5, 0.6) is 0 Å². The van der Waals surface area contributed by atoms with Crippen LogP contribution >= 0.6 is 0 Å². The van der Waals surface area contributed by atoms with Crippen LogP contribution in [0.1, 0.15) is 33.6 Å². The van der Waals surface area contributed by atoms with Crippen molar-refractivity contribution in [1.82, 2.24) is 15.1 Å². The average molecular weight is 281 g/mol. The van der Waals surface area contributed by atoms with Gasteiger partial charge in [-0.25, -0.2) is 4.79 Å². The minimum absolute atomic E-state index is 0.108. The summed E-state index contributed by atoms with van der Waals surface area (Å²) in [6.07, 6.45) is 1.52. The van der Waals surface area contributed by atoms with Gasteiger partial charge in [0.15, 0.2) is 0 Å². The van der Waals surface area contributed by atoms with E-state index in [-0.39, 0.29) is 17.9 Å². The lowest BCUT2D eigenvalue weighted by atomic mass is 9.89. The number of hydrogen-bond acceptors (Lipinski definition) is 4. The van der Waals surface area contributed by atoms with Crippen LogP contribution in [0.15, 0.2) is 0 Å². The largest absolute Gasteiger partial charge is 0.331 e. The molecule has 6 heteroatoms. The molecule has 3 atom stereocenters. The zero-order chi connectivity index (χ0) is 15.0. The summed E-state index contributed by atoms with van der Waals surface area (Å²) < 4.78 is 0. The molecule has 3 unspecified atom stereocenters. The van der Waals surface area contributed by atoms with Crippen molar-refractivity contribution in [3.05, 3.63) is 0 Å². The van der Waals surface area contributed by atoms with Gasteiger partial charge in [0.2, 0.25) is 11.8 Å². The number of hydrogen-bond donors (Lipinski definition) is 1. The average Bonchev–Trinajstić information content (AvgIpc) is 2.32. The zero-order valence-electron chi connectivity index (χ0n) is 12.5. The van der Waals surface area contributed by atoms with E-state index in [9.17, 15) is 14.4 Å². The Kier molecular flexibility index (Phi) is 4.13. The number of rotatable bonds is 2. The van der Waals surface area contributed by atoms with E-state index in [1.807, 2.05) is 20.9 Å². The Balaban J connectivity index is 2.19. The van der Waals surface area contributed by atoms with Gasteiger partial charge in [-0.15, -0.1) is 0 Å². The predicted molar refractivity (Wildman–Crippen MR) is 73.8 cm³/mol. The van der Waals surface area contributed by atoms with Gasteiger partial charge in [-0.1, -0.05) is 13.8 Å². The number of imide groups is 2. The van der Waals surface area contributed by atoms with Gasteiger partial charge < -0.3 is 4.90 Å². The molecule has 0 saturated carbocycles. The van der Waals surface area contributed by atoms with Crippen molar-refractivity contribution < 1.29 is 14.4 Å². The molecule has 2 aliphatic rings. The fourth-order valence-electron chi connectivity index (χ4n) is 3.04. The van der Waals surface area contributed by atoms with Gasteiger partial charge in [0.25, 0.3) is 0 Å². The summed E-state index contributed by atoms with van der Waals surface area (Å²) >= 11 is 0. The van der Waals surface area contributed by atoms with Gasteiger partial charge in [-0.2, -0.15) is 0 Å². The van der Waals surface area contributed by atoms with E-state index >= 15 is 0 Å². The number of urea groups is 1. The van der Waals surface area contributed by atoms with Crippen LogP contribution in [0.25, 0.3) is 0 Å². The Bertz CT molecular complexity index is 435. The first kappa shape index (κ1) is 15.0. The van der Waals surface area contributed by atoms with Crippen molar-refractivity contribution in [1.29, 1.82) is 0 Å². The maximum absolute atomic E-state index is 12.5. The highest BCUT2D eigenvalue weighted by Gasteiger charge is 2.45. The third-order valence-corrected chi connectivity index (χ3v) is 4.45. The second-order valence-electron chi connectivity index (χ2n) is 6.23. The Morgan fingerprint density at radius 2 is 1.90 bits per heavy atom. The lowest BCUT2D eigenvalue weighted by Crippen LogP contribution is -2.63. The molecular formula is C14H23N3O3. The number of nitrogens with zero attached hydrogens (tertiary/aromatic N) is 2. The fraction of sp³-hybridized carbons (Fsp3) is 0.786. The van der Waals surface area contributed by atoms with Crippen molar-refractivity contribution in [2.75, 3.05) is 13.6 Å². The molecule has 2 fully saturated rings. The molecule has 0 aromatic carbocycles. The zero-order valence-corrected chi connectivity index (χ0v) is 12.5. The van der Waals surface area contributed by atoms with Gasteiger partial charge in [0, 0.05) is 18.6 Å². The first-order valence-corrected chi connectivity index (χ1v) is 7.21. The molecule has 0 aromatic heterocycles. The minimum Gasteiger partial charge on any atom is -0.304 e. The molecule has 0 bridgehead atoms. The van der Waals surface area contributed by atoms with Crippen molar-refractivity contribution in [3.8, 4) is 0 Å². The molecule has 2 saturated heterocycles. The minimum atomic E-state index is -0.748. The van der Waals surface area contributed by atoms with E-state index in [2.05, 4.69) is 17.1 Å². The molecule has 2 rings (SSSR count). The Labute approximate surface area is 119 Å². The molecule has 1 N–H and O–H groups in total. The molecule has 6 nitrogen and oxygen atoms in total. The predicted octanol–water partition coefficient (Wildman–Crippen LogP) is 0.820. The Morgan fingerprint density at radius 3 is 2.45 bits per heavy atom. The van der Waals surface area contributed by atoms with E-state index in [0.29, 0.717) is 6.04 Å². The molecule has 20 heavy (non-hydrogen) atoms. The number of likely N-dealkylation sites (tertiary alicyclic amines) is 1. The lowest BCUT2D eigenvalue weighted by Gasteiger charge is -2.42. The van der Waals surface area contributed by atoms with E-state index in [4.69, 9.17) is 0 Å². The third-order valence-electron chi connectivity index (χ3n) is 4.45. The van der Waals surface area contributed by atoms with Crippen molar-refractivity contribution in [2.45, 2.75) is 45.7 Å². The summed E-state index contributed by atoms with van der Waals surface area (Å²) in [6.45, 7) is 6.59. The smallest absolute Gasteiger partial charge is 0.304 e. The van der Waals surface area contributed by atoms with E-state index in [0.717, 1.165) is 19.4 Å². The number of carbonyl (C=O) groups is 3. The van der Waals surface area contributed by atoms with Crippen molar-refractivity contribution >= 4 is 17.8 Å². The first-order valence-electron chi connectivity index (χ1n) is 7.21. The van der Waals surface area contributed by atoms with Crippen molar-refractivity contribution in [3.63, 3.8) is 0 Å². The Morgan fingerprint density at radius 1 is 1.25 bits per heavy atom. The van der Waals surface area contributed by atoms with Crippen LogP contribution in [0.2, 0.25) is 0 Å². The molecule has 0 aliphatic carbocycles. The van der Waals surface area contributed by atoms with Crippen molar-refractivity contribution in [2.24, 2.45) is 11.8 Å². The monoisotopic (exact) mass is 281 g/mol. The van der Waals surface area contributed by atoms with Crippen LogP contribution in [0.4, 0.5) is 4.79 Å². The van der Waals surface area contributed by atoms with Crippen LogP contribution in [-0.4, -0.2) is 53.3 Å². The van der Waals surface area contributed by atoms with Crippen LogP contribution < -0.4 is 5.32 Å². The van der Waals surface area contributed by atoms with Gasteiger partial charge in [-0.3, -0.25) is 19.8 Å². The number of amides is 4. The molecule has 0 aromatic rings. The van der Waals surface area contributed by atoms with Crippen LogP contribution in [0.3, 0.4) is 0 Å². The van der Waals surface area contributed by atoms with Gasteiger partial charge >= 0.3 is 6.03 Å². The van der Waals surface area contributed by atoms with E-state index in [1.54, 1.807) is 0 Å². The molecule has 2 aliphatic heterocycles. The lowest BCUT2D eigenvalue weighted by molar-refractivity contribution is -0.146. The first-order chi connectivity index (χ1) is 9.32. The highest BCUT2D eigenvalue weighted by atomic mass is 16.2. The number of piperidine rings is 1. The summed E-state index contributed by atoms with van der Waals surface area (Å²) in [5, 5.41) is 2.33. The number of nitrogens with one attached hydrogen (secondary N) is 1. The third kappa shape index (κ3) is 2.57. The second-order valence-corrected chi connectivity index (χ2v) is 6.23. The topological polar surface area (TPSA) is 69.7 Å². The van der Waals surface area contributed by atoms with Gasteiger partial charge in [0.05, 0.1) is 0 Å². The summed E-state index contributed by atoms with van der Waals surface area (Å²) in [5.41, 5.74) is 0. The maximum atomic E-state index is 12.5. The molecule has 4 amide bonds. The summed E-state index contributed by atoms with van der Waals surface area (Å²) in [5.74, 6) is -1.66. The van der Waals surface area contributed by atoms with Gasteiger partial charge in [-0.05, 0) is 32.7 Å². The molecular weight excluding hydrogens is 258 g/mol. The highest BCUT2D eigenvalue weighted by molar-refractivity contribution is 6.16. The maximum Gasteiger partial charge on any atom is 0.331 e. The van der Waals surface area contributed by atoms with Crippen LogP contribution in [-0.2, 0) is 9.59 Å². The second kappa shape index (κ2) is 5.52. The standard InChI is InChI=1S/C14H23N3O3/c1-8(2)11-12(18)15-14(20)17(13(11)19)10-5-6-16(4)9(3)7-10/h8-11H,5-7H2,1-4H3,(H,15,18,20). The molecule has 2 heterocycles. The summed E-state index contributed by atoms with van der Waals surface area (Å²) in [6, 6.07) is -0.341.